The highest BCUT2D eigenvalue weighted by Gasteiger charge is 2.42. The molecule has 0 aromatic heterocycles. The van der Waals surface area contributed by atoms with E-state index < -0.39 is 5.60 Å². The molecule has 1 aromatic rings. The molecule has 1 aliphatic carbocycles. The first kappa shape index (κ1) is 19.3. The van der Waals surface area contributed by atoms with Gasteiger partial charge in [-0.15, -0.1) is 0 Å². The van der Waals surface area contributed by atoms with E-state index in [0.717, 1.165) is 19.3 Å². The Morgan fingerprint density at radius 1 is 1.52 bits per heavy atom. The average molecular weight is 344 g/mol. The normalized spacial score (nSPS) is 24.2. The molecular weight excluding hydrogens is 316 g/mol. The summed E-state index contributed by atoms with van der Waals surface area (Å²) in [6.07, 6.45) is 4.45. The Morgan fingerprint density at radius 2 is 2.28 bits per heavy atom. The van der Waals surface area contributed by atoms with Gasteiger partial charge in [0.2, 0.25) is 0 Å². The zero-order chi connectivity index (χ0) is 18.4. The number of benzene rings is 1. The minimum absolute atomic E-state index is 0.0764. The van der Waals surface area contributed by atoms with Crippen molar-refractivity contribution in [3.05, 3.63) is 23.8 Å². The maximum Gasteiger partial charge on any atom is 0.256 e. The molecule has 0 unspecified atom stereocenters. The van der Waals surface area contributed by atoms with E-state index >= 15 is 0 Å². The number of nitrogens with zero attached hydrogens (tertiary/aromatic N) is 1. The standard InChI is InChI=1S/C20H28N2O3/c1-5-15(3)25-17-8-9-18(16(11-17)13-21)22-19(23)20(24-4)10-6-7-14(2)12-20/h8-9,11,14-15H,5-7,10,12H2,1-4H3,(H,22,23)/t14-,15-,20-/m0/s1. The fourth-order valence-electron chi connectivity index (χ4n) is 3.34. The van der Waals surface area contributed by atoms with Crippen molar-refractivity contribution in [3.8, 4) is 11.8 Å². The Labute approximate surface area is 150 Å². The van der Waals surface area contributed by atoms with E-state index in [-0.39, 0.29) is 12.0 Å². The summed E-state index contributed by atoms with van der Waals surface area (Å²) in [5.74, 6) is 0.909. The van der Waals surface area contributed by atoms with Gasteiger partial charge in [-0.2, -0.15) is 5.26 Å². The van der Waals surface area contributed by atoms with E-state index in [2.05, 4.69) is 18.3 Å². The molecule has 1 amide bonds. The lowest BCUT2D eigenvalue weighted by Gasteiger charge is -2.37. The lowest BCUT2D eigenvalue weighted by molar-refractivity contribution is -0.143. The molecule has 3 atom stereocenters. The van der Waals surface area contributed by atoms with Crippen LogP contribution in [-0.4, -0.2) is 24.7 Å². The van der Waals surface area contributed by atoms with Gasteiger partial charge in [0.1, 0.15) is 17.4 Å². The zero-order valence-electron chi connectivity index (χ0n) is 15.6. The molecule has 0 radical (unpaired) electrons. The van der Waals surface area contributed by atoms with Gasteiger partial charge in [-0.05, 0) is 50.7 Å². The van der Waals surface area contributed by atoms with Gasteiger partial charge < -0.3 is 14.8 Å². The minimum Gasteiger partial charge on any atom is -0.491 e. The Kier molecular flexibility index (Phi) is 6.44. The second-order valence-corrected chi connectivity index (χ2v) is 7.01. The molecule has 1 aromatic carbocycles. The summed E-state index contributed by atoms with van der Waals surface area (Å²) in [7, 11) is 1.59. The van der Waals surface area contributed by atoms with Crippen LogP contribution in [0.15, 0.2) is 18.2 Å². The fraction of sp³-hybridized carbons (Fsp3) is 0.600. The number of nitrogens with one attached hydrogen (secondary N) is 1. The van der Waals surface area contributed by atoms with Gasteiger partial charge in [0.25, 0.3) is 5.91 Å². The van der Waals surface area contributed by atoms with Crippen LogP contribution >= 0.6 is 0 Å². The molecule has 1 N–H and O–H groups in total. The SMILES string of the molecule is CC[C@H](C)Oc1ccc(NC(=O)[C@]2(OC)CCC[C@H](C)C2)c(C#N)c1. The molecule has 136 valence electrons. The van der Waals surface area contributed by atoms with E-state index in [0.29, 0.717) is 35.8 Å². The lowest BCUT2D eigenvalue weighted by Crippen LogP contribution is -2.48. The summed E-state index contributed by atoms with van der Waals surface area (Å²) >= 11 is 0. The van der Waals surface area contributed by atoms with Crippen molar-refractivity contribution >= 4 is 11.6 Å². The highest BCUT2D eigenvalue weighted by molar-refractivity contribution is 5.98. The zero-order valence-corrected chi connectivity index (χ0v) is 15.6. The second kappa shape index (κ2) is 8.35. The lowest BCUT2D eigenvalue weighted by atomic mass is 9.78. The first-order valence-electron chi connectivity index (χ1n) is 9.01. The minimum atomic E-state index is -0.809. The maximum absolute atomic E-state index is 12.9. The number of ether oxygens (including phenoxy) is 2. The quantitative estimate of drug-likeness (QED) is 0.836. The van der Waals surface area contributed by atoms with Gasteiger partial charge in [0, 0.05) is 13.2 Å². The molecule has 1 aliphatic rings. The van der Waals surface area contributed by atoms with E-state index in [1.807, 2.05) is 13.8 Å². The maximum atomic E-state index is 12.9. The molecule has 0 saturated heterocycles. The molecule has 5 nitrogen and oxygen atoms in total. The predicted octanol–water partition coefficient (Wildman–Crippen LogP) is 4.27. The summed E-state index contributed by atoms with van der Waals surface area (Å²) in [5.41, 5.74) is 0.0824. The Bertz CT molecular complexity index is 653. The van der Waals surface area contributed by atoms with Gasteiger partial charge in [-0.1, -0.05) is 20.3 Å². The third-order valence-electron chi connectivity index (χ3n) is 5.03. The van der Waals surface area contributed by atoms with Gasteiger partial charge in [-0.25, -0.2) is 0 Å². The fourth-order valence-corrected chi connectivity index (χ4v) is 3.34. The van der Waals surface area contributed by atoms with Gasteiger partial charge in [0.15, 0.2) is 0 Å². The van der Waals surface area contributed by atoms with Crippen LogP contribution in [-0.2, 0) is 9.53 Å². The number of rotatable bonds is 6. The smallest absolute Gasteiger partial charge is 0.256 e. The summed E-state index contributed by atoms with van der Waals surface area (Å²) < 4.78 is 11.4. The Hall–Kier alpha value is -2.06. The van der Waals surface area contributed by atoms with Crippen molar-refractivity contribution in [2.24, 2.45) is 5.92 Å². The van der Waals surface area contributed by atoms with Crippen LogP contribution in [0.4, 0.5) is 5.69 Å². The van der Waals surface area contributed by atoms with Crippen LogP contribution in [0, 0.1) is 17.2 Å². The van der Waals surface area contributed by atoms with Crippen LogP contribution in [0.2, 0.25) is 0 Å². The van der Waals surface area contributed by atoms with Crippen molar-refractivity contribution in [1.82, 2.24) is 0 Å². The highest BCUT2D eigenvalue weighted by atomic mass is 16.5. The van der Waals surface area contributed by atoms with Crippen LogP contribution in [0.1, 0.15) is 58.4 Å². The van der Waals surface area contributed by atoms with Crippen molar-refractivity contribution < 1.29 is 14.3 Å². The van der Waals surface area contributed by atoms with Crippen LogP contribution in [0.3, 0.4) is 0 Å². The van der Waals surface area contributed by atoms with Gasteiger partial charge in [-0.3, -0.25) is 4.79 Å². The van der Waals surface area contributed by atoms with Crippen LogP contribution < -0.4 is 10.1 Å². The monoisotopic (exact) mass is 344 g/mol. The molecule has 0 aliphatic heterocycles. The number of carbonyl (C=O) groups is 1. The molecule has 1 saturated carbocycles. The third-order valence-corrected chi connectivity index (χ3v) is 5.03. The summed E-state index contributed by atoms with van der Waals surface area (Å²) in [6, 6.07) is 7.32. The largest absolute Gasteiger partial charge is 0.491 e. The molecular formula is C20H28N2O3. The summed E-state index contributed by atoms with van der Waals surface area (Å²) in [4.78, 5) is 12.9. The first-order chi connectivity index (χ1) is 11.9. The van der Waals surface area contributed by atoms with Gasteiger partial charge >= 0.3 is 0 Å². The molecule has 0 heterocycles. The van der Waals surface area contributed by atoms with E-state index in [1.54, 1.807) is 25.3 Å². The van der Waals surface area contributed by atoms with Crippen molar-refractivity contribution in [1.29, 1.82) is 5.26 Å². The predicted molar refractivity (Wildman–Crippen MR) is 97.5 cm³/mol. The molecule has 2 rings (SSSR count). The van der Waals surface area contributed by atoms with Crippen molar-refractivity contribution in [2.75, 3.05) is 12.4 Å². The summed E-state index contributed by atoms with van der Waals surface area (Å²) in [6.45, 7) is 6.16. The third kappa shape index (κ3) is 4.52. The first-order valence-corrected chi connectivity index (χ1v) is 9.01. The van der Waals surface area contributed by atoms with E-state index in [1.165, 1.54) is 0 Å². The van der Waals surface area contributed by atoms with Crippen molar-refractivity contribution in [2.45, 2.75) is 64.6 Å². The van der Waals surface area contributed by atoms with E-state index in [4.69, 9.17) is 9.47 Å². The van der Waals surface area contributed by atoms with Crippen LogP contribution in [0.25, 0.3) is 0 Å². The molecule has 0 bridgehead atoms. The van der Waals surface area contributed by atoms with Crippen molar-refractivity contribution in [3.63, 3.8) is 0 Å². The Morgan fingerprint density at radius 3 is 2.88 bits per heavy atom. The van der Waals surface area contributed by atoms with E-state index in [9.17, 15) is 10.1 Å². The Balaban J connectivity index is 2.18. The average Bonchev–Trinajstić information content (AvgIpc) is 2.62. The number of amides is 1. The number of hydrogen-bond donors (Lipinski definition) is 1. The molecule has 5 heteroatoms. The number of hydrogen-bond acceptors (Lipinski definition) is 4. The highest BCUT2D eigenvalue weighted by Crippen LogP contribution is 2.36. The van der Waals surface area contributed by atoms with Gasteiger partial charge in [0.05, 0.1) is 17.4 Å². The molecule has 25 heavy (non-hydrogen) atoms. The summed E-state index contributed by atoms with van der Waals surface area (Å²) in [5, 5.41) is 12.3. The molecule has 0 spiro atoms. The number of methoxy groups -OCH3 is 1. The molecule has 1 fully saturated rings. The number of anilines is 1. The number of nitriles is 1. The number of carbonyl (C=O) groups excluding carboxylic acids is 1. The van der Waals surface area contributed by atoms with Crippen LogP contribution in [0.5, 0.6) is 5.75 Å². The topological polar surface area (TPSA) is 71.3 Å². The second-order valence-electron chi connectivity index (χ2n) is 7.01.